The summed E-state index contributed by atoms with van der Waals surface area (Å²) in [5.74, 6) is 1.07. The lowest BCUT2D eigenvalue weighted by atomic mass is 10.0. The van der Waals surface area contributed by atoms with Gasteiger partial charge in [0.15, 0.2) is 0 Å². The van der Waals surface area contributed by atoms with Crippen LogP contribution in [0, 0.1) is 0 Å². The Kier molecular flexibility index (Phi) is 7.27. The molecule has 9 heteroatoms. The molecule has 0 saturated carbocycles. The van der Waals surface area contributed by atoms with Crippen LogP contribution in [0.5, 0.6) is 5.75 Å². The molecule has 1 amide bonds. The van der Waals surface area contributed by atoms with Gasteiger partial charge in [-0.15, -0.1) is 0 Å². The van der Waals surface area contributed by atoms with Crippen LogP contribution in [0.4, 0.5) is 17.3 Å². The first-order valence-corrected chi connectivity index (χ1v) is 13.2. The molecule has 0 radical (unpaired) electrons. The number of aliphatic hydroxyl groups is 1. The van der Waals surface area contributed by atoms with Gasteiger partial charge in [0.25, 0.3) is 5.91 Å². The SMILES string of the molecule is NCc1ccccc1C(=O)Nc1ccc(Nc2nc(-c3ccc4cc(OCCO)ccc4c3)cc3ccnn23)cc1. The molecule has 2 heterocycles. The second-order valence-corrected chi connectivity index (χ2v) is 9.45. The van der Waals surface area contributed by atoms with Gasteiger partial charge in [-0.1, -0.05) is 36.4 Å². The van der Waals surface area contributed by atoms with Crippen molar-refractivity contribution in [3.63, 3.8) is 0 Å². The Balaban J connectivity index is 1.24. The number of carbonyl (C=O) groups excluding carboxylic acids is 1. The first-order valence-electron chi connectivity index (χ1n) is 13.2. The van der Waals surface area contributed by atoms with E-state index < -0.39 is 0 Å². The number of aliphatic hydroxyl groups excluding tert-OH is 1. The number of hydrogen-bond acceptors (Lipinski definition) is 7. The van der Waals surface area contributed by atoms with E-state index in [1.165, 1.54) is 0 Å². The zero-order valence-electron chi connectivity index (χ0n) is 22.1. The van der Waals surface area contributed by atoms with Gasteiger partial charge < -0.3 is 26.2 Å². The molecule has 0 atom stereocenters. The van der Waals surface area contributed by atoms with Crippen LogP contribution in [0.1, 0.15) is 15.9 Å². The van der Waals surface area contributed by atoms with Crippen LogP contribution >= 0.6 is 0 Å². The fourth-order valence-corrected chi connectivity index (χ4v) is 4.68. The van der Waals surface area contributed by atoms with Gasteiger partial charge in [-0.25, -0.2) is 9.50 Å². The number of nitrogens with one attached hydrogen (secondary N) is 2. The predicted octanol–water partition coefficient (Wildman–Crippen LogP) is 5.38. The maximum Gasteiger partial charge on any atom is 0.255 e. The number of ether oxygens (including phenoxy) is 1. The summed E-state index contributed by atoms with van der Waals surface area (Å²) in [5.41, 5.74) is 11.3. The van der Waals surface area contributed by atoms with Crippen molar-refractivity contribution in [2.75, 3.05) is 23.8 Å². The van der Waals surface area contributed by atoms with Gasteiger partial charge in [0.2, 0.25) is 5.95 Å². The van der Waals surface area contributed by atoms with Gasteiger partial charge in [0, 0.05) is 29.0 Å². The first kappa shape index (κ1) is 26.0. The molecule has 6 aromatic rings. The van der Waals surface area contributed by atoms with Crippen LogP contribution in [-0.2, 0) is 6.54 Å². The Morgan fingerprint density at radius 2 is 1.68 bits per heavy atom. The molecule has 2 aromatic heterocycles. The average Bonchev–Trinajstić information content (AvgIpc) is 3.50. The van der Waals surface area contributed by atoms with Gasteiger partial charge in [-0.05, 0) is 77.0 Å². The summed E-state index contributed by atoms with van der Waals surface area (Å²) in [6, 6.07) is 30.6. The molecule has 5 N–H and O–H groups in total. The molecule has 6 rings (SSSR count). The van der Waals surface area contributed by atoms with Crippen molar-refractivity contribution in [2.45, 2.75) is 6.54 Å². The minimum atomic E-state index is -0.205. The third-order valence-electron chi connectivity index (χ3n) is 6.73. The van der Waals surface area contributed by atoms with Crippen molar-refractivity contribution in [2.24, 2.45) is 5.73 Å². The summed E-state index contributed by atoms with van der Waals surface area (Å²) in [6.45, 7) is 0.525. The largest absolute Gasteiger partial charge is 0.491 e. The van der Waals surface area contributed by atoms with Gasteiger partial charge in [-0.2, -0.15) is 5.10 Å². The van der Waals surface area contributed by atoms with Crippen molar-refractivity contribution < 1.29 is 14.6 Å². The second kappa shape index (κ2) is 11.5. The van der Waals surface area contributed by atoms with Crippen molar-refractivity contribution in [1.29, 1.82) is 0 Å². The molecule has 41 heavy (non-hydrogen) atoms. The quantitative estimate of drug-likeness (QED) is 0.193. The number of benzene rings is 4. The fourth-order valence-electron chi connectivity index (χ4n) is 4.68. The fraction of sp³-hybridized carbons (Fsp3) is 0.0938. The van der Waals surface area contributed by atoms with Crippen molar-refractivity contribution in [1.82, 2.24) is 14.6 Å². The minimum Gasteiger partial charge on any atom is -0.491 e. The Bertz CT molecular complexity index is 1850. The molecule has 204 valence electrons. The van der Waals surface area contributed by atoms with E-state index in [0.717, 1.165) is 44.5 Å². The van der Waals surface area contributed by atoms with E-state index in [2.05, 4.69) is 21.8 Å². The molecule has 4 aromatic carbocycles. The lowest BCUT2D eigenvalue weighted by Crippen LogP contribution is -2.15. The van der Waals surface area contributed by atoms with Crippen LogP contribution in [0.2, 0.25) is 0 Å². The van der Waals surface area contributed by atoms with E-state index in [-0.39, 0.29) is 19.1 Å². The summed E-state index contributed by atoms with van der Waals surface area (Å²) >= 11 is 0. The second-order valence-electron chi connectivity index (χ2n) is 9.45. The van der Waals surface area contributed by atoms with Crippen molar-refractivity contribution >= 4 is 39.5 Å². The van der Waals surface area contributed by atoms with Crippen LogP contribution in [0.25, 0.3) is 27.5 Å². The Hall–Kier alpha value is -5.25. The third-order valence-corrected chi connectivity index (χ3v) is 6.73. The van der Waals surface area contributed by atoms with Crippen molar-refractivity contribution in [3.8, 4) is 17.0 Å². The molecule has 0 unspecified atom stereocenters. The highest BCUT2D eigenvalue weighted by atomic mass is 16.5. The van der Waals surface area contributed by atoms with Gasteiger partial charge in [-0.3, -0.25) is 4.79 Å². The highest BCUT2D eigenvalue weighted by molar-refractivity contribution is 6.05. The maximum atomic E-state index is 12.8. The number of aromatic nitrogens is 3. The lowest BCUT2D eigenvalue weighted by Gasteiger charge is -2.12. The number of hydrogen-bond donors (Lipinski definition) is 4. The Labute approximate surface area is 236 Å². The number of amides is 1. The van der Waals surface area contributed by atoms with Gasteiger partial charge >= 0.3 is 0 Å². The molecule has 0 aliphatic heterocycles. The number of anilines is 3. The summed E-state index contributed by atoms with van der Waals surface area (Å²) in [7, 11) is 0. The zero-order valence-corrected chi connectivity index (χ0v) is 22.1. The van der Waals surface area contributed by atoms with Gasteiger partial charge in [0.1, 0.15) is 12.4 Å². The summed E-state index contributed by atoms with van der Waals surface area (Å²) < 4.78 is 7.28. The Morgan fingerprint density at radius 3 is 2.51 bits per heavy atom. The highest BCUT2D eigenvalue weighted by Gasteiger charge is 2.12. The predicted molar refractivity (Wildman–Crippen MR) is 161 cm³/mol. The number of carbonyl (C=O) groups is 1. The van der Waals surface area contributed by atoms with Crippen LogP contribution < -0.4 is 21.1 Å². The molecule has 0 aliphatic rings. The van der Waals surface area contributed by atoms with E-state index in [9.17, 15) is 4.79 Å². The highest BCUT2D eigenvalue weighted by Crippen LogP contribution is 2.29. The molecule has 0 bridgehead atoms. The number of rotatable bonds is 9. The molecule has 9 nitrogen and oxygen atoms in total. The van der Waals surface area contributed by atoms with E-state index in [0.29, 0.717) is 23.7 Å². The molecule has 0 spiro atoms. The van der Waals surface area contributed by atoms with Crippen molar-refractivity contribution in [3.05, 3.63) is 114 Å². The first-order chi connectivity index (χ1) is 20.1. The maximum absolute atomic E-state index is 12.8. The molecular formula is C32H28N6O3. The van der Waals surface area contributed by atoms with E-state index in [1.807, 2.05) is 84.9 Å². The van der Waals surface area contributed by atoms with Crippen LogP contribution in [0.3, 0.4) is 0 Å². The minimum absolute atomic E-state index is 0.0267. The number of nitrogens with zero attached hydrogens (tertiary/aromatic N) is 3. The molecular weight excluding hydrogens is 516 g/mol. The zero-order chi connectivity index (χ0) is 28.2. The van der Waals surface area contributed by atoms with E-state index in [4.69, 9.17) is 20.6 Å². The normalized spacial score (nSPS) is 11.1. The summed E-state index contributed by atoms with van der Waals surface area (Å²) in [4.78, 5) is 17.7. The number of fused-ring (bicyclic) bond motifs is 2. The smallest absolute Gasteiger partial charge is 0.255 e. The topological polar surface area (TPSA) is 127 Å². The monoisotopic (exact) mass is 544 g/mol. The van der Waals surface area contributed by atoms with Gasteiger partial charge in [0.05, 0.1) is 24.0 Å². The average molecular weight is 545 g/mol. The van der Waals surface area contributed by atoms with E-state index in [1.54, 1.807) is 16.8 Å². The Morgan fingerprint density at radius 1 is 0.902 bits per heavy atom. The molecule has 0 aliphatic carbocycles. The summed E-state index contributed by atoms with van der Waals surface area (Å²) in [6.07, 6.45) is 1.73. The van der Waals surface area contributed by atoms with E-state index >= 15 is 0 Å². The van der Waals surface area contributed by atoms with Crippen LogP contribution in [-0.4, -0.2) is 38.8 Å². The molecule has 0 fully saturated rings. The number of nitrogens with two attached hydrogens (primary N) is 1. The summed E-state index contributed by atoms with van der Waals surface area (Å²) in [5, 5.41) is 21.8. The third kappa shape index (κ3) is 5.58. The lowest BCUT2D eigenvalue weighted by molar-refractivity contribution is 0.102. The standard InChI is InChI=1S/C32H28N6O3/c33-20-24-3-1-2-4-29(24)31(40)35-25-8-10-26(11-9-25)36-32-37-30(19-27-13-14-34-38(27)32)23-6-5-22-18-28(41-16-15-39)12-7-21(22)17-23/h1-14,17-19,39H,15-16,20,33H2,(H,35,40)(H,36,37). The van der Waals surface area contributed by atoms with Crippen LogP contribution in [0.15, 0.2) is 103 Å². The molecule has 0 saturated heterocycles.